The Morgan fingerprint density at radius 3 is 2.67 bits per heavy atom. The van der Waals surface area contributed by atoms with Gasteiger partial charge in [0.2, 0.25) is 0 Å². The molecule has 0 heterocycles. The van der Waals surface area contributed by atoms with Crippen LogP contribution in [0.5, 0.6) is 5.75 Å². The molecule has 1 aromatic carbocycles. The van der Waals surface area contributed by atoms with Gasteiger partial charge in [0.25, 0.3) is 0 Å². The molecule has 0 saturated heterocycles. The van der Waals surface area contributed by atoms with Crippen LogP contribution in [0.2, 0.25) is 0 Å². The average Bonchev–Trinajstić information content (AvgIpc) is 2.38. The standard InChI is InChI=1S/C14H23FN2O/c1-4-16-8-9-17(5-2)11-12-6-7-14(18-3)13(15)10-12/h6-7,10,16H,4-5,8-9,11H2,1-3H3. The summed E-state index contributed by atoms with van der Waals surface area (Å²) in [6.07, 6.45) is 0. The van der Waals surface area contributed by atoms with Gasteiger partial charge in [-0.25, -0.2) is 4.39 Å². The van der Waals surface area contributed by atoms with Crippen LogP contribution in [-0.2, 0) is 6.54 Å². The minimum Gasteiger partial charge on any atom is -0.494 e. The number of nitrogens with zero attached hydrogens (tertiary/aromatic N) is 1. The van der Waals surface area contributed by atoms with Gasteiger partial charge in [0, 0.05) is 19.6 Å². The Balaban J connectivity index is 2.55. The first-order chi connectivity index (χ1) is 8.71. The summed E-state index contributed by atoms with van der Waals surface area (Å²) in [6, 6.07) is 5.15. The van der Waals surface area contributed by atoms with Gasteiger partial charge >= 0.3 is 0 Å². The molecular weight excluding hydrogens is 231 g/mol. The molecule has 0 aliphatic heterocycles. The summed E-state index contributed by atoms with van der Waals surface area (Å²) in [7, 11) is 1.48. The lowest BCUT2D eigenvalue weighted by molar-refractivity contribution is 0.279. The molecule has 1 N–H and O–H groups in total. The number of rotatable bonds is 8. The van der Waals surface area contributed by atoms with Gasteiger partial charge in [-0.3, -0.25) is 4.90 Å². The van der Waals surface area contributed by atoms with Gasteiger partial charge in [-0.05, 0) is 30.8 Å². The molecule has 1 aromatic rings. The van der Waals surface area contributed by atoms with Gasteiger partial charge in [0.05, 0.1) is 7.11 Å². The number of nitrogens with one attached hydrogen (secondary N) is 1. The van der Waals surface area contributed by atoms with Gasteiger partial charge < -0.3 is 10.1 Å². The molecule has 0 amide bonds. The van der Waals surface area contributed by atoms with Crippen molar-refractivity contribution in [2.45, 2.75) is 20.4 Å². The van der Waals surface area contributed by atoms with Gasteiger partial charge in [-0.1, -0.05) is 19.9 Å². The molecule has 0 atom stereocenters. The Kier molecular flexibility index (Phi) is 6.68. The van der Waals surface area contributed by atoms with E-state index in [0.717, 1.165) is 38.3 Å². The normalized spacial score (nSPS) is 10.9. The molecule has 3 nitrogen and oxygen atoms in total. The lowest BCUT2D eigenvalue weighted by Crippen LogP contribution is -2.31. The Morgan fingerprint density at radius 2 is 2.11 bits per heavy atom. The van der Waals surface area contributed by atoms with Crippen LogP contribution in [-0.4, -0.2) is 38.2 Å². The van der Waals surface area contributed by atoms with Crippen LogP contribution in [0.25, 0.3) is 0 Å². The lowest BCUT2D eigenvalue weighted by atomic mass is 10.2. The second-order valence-electron chi connectivity index (χ2n) is 4.19. The topological polar surface area (TPSA) is 24.5 Å². The second-order valence-corrected chi connectivity index (χ2v) is 4.19. The van der Waals surface area contributed by atoms with E-state index in [-0.39, 0.29) is 5.82 Å². The molecule has 18 heavy (non-hydrogen) atoms. The fraction of sp³-hybridized carbons (Fsp3) is 0.571. The first-order valence-corrected chi connectivity index (χ1v) is 6.46. The van der Waals surface area contributed by atoms with E-state index < -0.39 is 0 Å². The second kappa shape index (κ2) is 8.06. The van der Waals surface area contributed by atoms with Gasteiger partial charge in [0.15, 0.2) is 11.6 Å². The summed E-state index contributed by atoms with van der Waals surface area (Å²) in [5, 5.41) is 3.29. The molecule has 1 rings (SSSR count). The predicted octanol–water partition coefficient (Wildman–Crippen LogP) is 2.27. The van der Waals surface area contributed by atoms with Crippen LogP contribution in [0.1, 0.15) is 19.4 Å². The molecule has 0 radical (unpaired) electrons. The summed E-state index contributed by atoms with van der Waals surface area (Å²) >= 11 is 0. The third kappa shape index (κ3) is 4.63. The van der Waals surface area contributed by atoms with Gasteiger partial charge in [0.1, 0.15) is 0 Å². The molecule has 0 aliphatic rings. The number of halogens is 1. The van der Waals surface area contributed by atoms with E-state index >= 15 is 0 Å². The van der Waals surface area contributed by atoms with Crippen molar-refractivity contribution < 1.29 is 9.13 Å². The van der Waals surface area contributed by atoms with E-state index in [9.17, 15) is 4.39 Å². The molecule has 0 spiro atoms. The highest BCUT2D eigenvalue weighted by Gasteiger charge is 2.07. The Morgan fingerprint density at radius 1 is 1.33 bits per heavy atom. The first-order valence-electron chi connectivity index (χ1n) is 6.46. The molecular formula is C14H23FN2O. The van der Waals surface area contributed by atoms with Crippen molar-refractivity contribution in [1.29, 1.82) is 0 Å². The first kappa shape index (κ1) is 14.9. The minimum absolute atomic E-state index is 0.294. The molecule has 4 heteroatoms. The maximum atomic E-state index is 13.6. The predicted molar refractivity (Wildman–Crippen MR) is 72.4 cm³/mol. The zero-order valence-electron chi connectivity index (χ0n) is 11.5. The molecule has 0 bridgehead atoms. The third-order valence-electron chi connectivity index (χ3n) is 2.92. The van der Waals surface area contributed by atoms with Gasteiger partial charge in [-0.15, -0.1) is 0 Å². The van der Waals surface area contributed by atoms with Crippen molar-refractivity contribution in [2.24, 2.45) is 0 Å². The van der Waals surface area contributed by atoms with Crippen molar-refractivity contribution in [3.63, 3.8) is 0 Å². The molecule has 0 aliphatic carbocycles. The minimum atomic E-state index is -0.294. The zero-order chi connectivity index (χ0) is 13.4. The number of likely N-dealkylation sites (N-methyl/N-ethyl adjacent to an activating group) is 2. The largest absolute Gasteiger partial charge is 0.494 e. The molecule has 0 fully saturated rings. The van der Waals surface area contributed by atoms with Crippen LogP contribution in [0.4, 0.5) is 4.39 Å². The van der Waals surface area contributed by atoms with Crippen molar-refractivity contribution in [3.05, 3.63) is 29.6 Å². The third-order valence-corrected chi connectivity index (χ3v) is 2.92. The lowest BCUT2D eigenvalue weighted by Gasteiger charge is -2.20. The fourth-order valence-corrected chi connectivity index (χ4v) is 1.83. The maximum absolute atomic E-state index is 13.6. The Bertz CT molecular complexity index is 358. The van der Waals surface area contributed by atoms with E-state index in [0.29, 0.717) is 5.75 Å². The summed E-state index contributed by atoms with van der Waals surface area (Å²) in [6.45, 7) is 8.85. The van der Waals surface area contributed by atoms with Crippen molar-refractivity contribution in [2.75, 3.05) is 33.3 Å². The van der Waals surface area contributed by atoms with Crippen molar-refractivity contribution >= 4 is 0 Å². The van der Waals surface area contributed by atoms with Crippen molar-refractivity contribution in [1.82, 2.24) is 10.2 Å². The molecule has 0 unspecified atom stereocenters. The highest BCUT2D eigenvalue weighted by Crippen LogP contribution is 2.18. The monoisotopic (exact) mass is 254 g/mol. The molecule has 102 valence electrons. The fourth-order valence-electron chi connectivity index (χ4n) is 1.83. The highest BCUT2D eigenvalue weighted by atomic mass is 19.1. The van der Waals surface area contributed by atoms with E-state index in [4.69, 9.17) is 4.74 Å². The van der Waals surface area contributed by atoms with E-state index in [2.05, 4.69) is 24.1 Å². The number of hydrogen-bond donors (Lipinski definition) is 1. The SMILES string of the molecule is CCNCCN(CC)Cc1ccc(OC)c(F)c1. The number of ether oxygens (including phenoxy) is 1. The van der Waals surface area contributed by atoms with Gasteiger partial charge in [-0.2, -0.15) is 0 Å². The van der Waals surface area contributed by atoms with Crippen LogP contribution in [0.3, 0.4) is 0 Å². The summed E-state index contributed by atoms with van der Waals surface area (Å²) in [4.78, 5) is 2.28. The average molecular weight is 254 g/mol. The van der Waals surface area contributed by atoms with Crippen LogP contribution in [0.15, 0.2) is 18.2 Å². The molecule has 0 aromatic heterocycles. The van der Waals surface area contributed by atoms with Crippen LogP contribution >= 0.6 is 0 Å². The Hall–Kier alpha value is -1.13. The number of hydrogen-bond acceptors (Lipinski definition) is 3. The number of benzene rings is 1. The summed E-state index contributed by atoms with van der Waals surface area (Å²) in [5.41, 5.74) is 0.978. The van der Waals surface area contributed by atoms with Crippen LogP contribution in [0, 0.1) is 5.82 Å². The van der Waals surface area contributed by atoms with Crippen LogP contribution < -0.4 is 10.1 Å². The summed E-state index contributed by atoms with van der Waals surface area (Å²) < 4.78 is 18.5. The number of methoxy groups -OCH3 is 1. The van der Waals surface area contributed by atoms with E-state index in [1.54, 1.807) is 12.1 Å². The van der Waals surface area contributed by atoms with Crippen molar-refractivity contribution in [3.8, 4) is 5.75 Å². The zero-order valence-corrected chi connectivity index (χ0v) is 11.5. The summed E-state index contributed by atoms with van der Waals surface area (Å²) in [5.74, 6) is 0.00665. The Labute approximate surface area is 109 Å². The van der Waals surface area contributed by atoms with E-state index in [1.807, 2.05) is 6.07 Å². The van der Waals surface area contributed by atoms with E-state index in [1.165, 1.54) is 7.11 Å². The maximum Gasteiger partial charge on any atom is 0.165 e. The smallest absolute Gasteiger partial charge is 0.165 e. The highest BCUT2D eigenvalue weighted by molar-refractivity contribution is 5.29. The quantitative estimate of drug-likeness (QED) is 0.720. The molecule has 0 saturated carbocycles.